The van der Waals surface area contributed by atoms with E-state index in [-0.39, 0.29) is 18.5 Å². The van der Waals surface area contributed by atoms with Gasteiger partial charge in [0.15, 0.2) is 0 Å². The van der Waals surface area contributed by atoms with Crippen molar-refractivity contribution >= 4 is 21.6 Å². The third kappa shape index (κ3) is 5.57. The highest BCUT2D eigenvalue weighted by molar-refractivity contribution is 7.92. The minimum Gasteiger partial charge on any atom is -0.350 e. The molecule has 0 heterocycles. The number of sulfonamides is 1. The second kappa shape index (κ2) is 8.57. The smallest absolute Gasteiger partial charge is 0.251 e. The summed E-state index contributed by atoms with van der Waals surface area (Å²) in [5, 5.41) is 2.92. The molecule has 0 aliphatic carbocycles. The molecule has 0 radical (unpaired) electrons. The molecule has 0 aromatic heterocycles. The zero-order chi connectivity index (χ0) is 20.2. The highest BCUT2D eigenvalue weighted by Gasteiger charge is 2.18. The average Bonchev–Trinajstić information content (AvgIpc) is 2.61. The summed E-state index contributed by atoms with van der Waals surface area (Å²) < 4.78 is 26.0. The standard InChI is InChI=1S/C21H28N2O3S/c1-6-17(4)22-21(24)19-10-8-18(9-11-19)14-23(27(5,25)26)20-12-7-15(2)16(3)13-20/h7-13,17H,6,14H2,1-5H3,(H,22,24)/t17-/m1/s1. The van der Waals surface area contributed by atoms with E-state index in [1.807, 2.05) is 45.9 Å². The van der Waals surface area contributed by atoms with E-state index < -0.39 is 10.0 Å². The Morgan fingerprint density at radius 2 is 1.70 bits per heavy atom. The molecule has 5 nitrogen and oxygen atoms in total. The lowest BCUT2D eigenvalue weighted by molar-refractivity contribution is 0.0939. The maximum atomic E-state index is 12.3. The largest absolute Gasteiger partial charge is 0.350 e. The van der Waals surface area contributed by atoms with Gasteiger partial charge in [0.25, 0.3) is 5.91 Å². The number of amides is 1. The summed E-state index contributed by atoms with van der Waals surface area (Å²) in [6, 6.07) is 12.8. The molecule has 0 bridgehead atoms. The molecule has 1 amide bonds. The molecule has 2 aromatic rings. The van der Waals surface area contributed by atoms with Crippen molar-refractivity contribution in [2.75, 3.05) is 10.6 Å². The number of hydrogen-bond donors (Lipinski definition) is 1. The number of benzene rings is 2. The Hall–Kier alpha value is -2.34. The molecule has 2 aromatic carbocycles. The van der Waals surface area contributed by atoms with E-state index in [1.165, 1.54) is 10.6 Å². The van der Waals surface area contributed by atoms with Crippen molar-refractivity contribution < 1.29 is 13.2 Å². The zero-order valence-electron chi connectivity index (χ0n) is 16.6. The first-order chi connectivity index (χ1) is 12.6. The molecule has 0 unspecified atom stereocenters. The van der Waals surface area contributed by atoms with Crippen LogP contribution in [0.5, 0.6) is 0 Å². The maximum Gasteiger partial charge on any atom is 0.251 e. The molecule has 1 N–H and O–H groups in total. The topological polar surface area (TPSA) is 66.5 Å². The predicted molar refractivity (Wildman–Crippen MR) is 111 cm³/mol. The van der Waals surface area contributed by atoms with E-state index in [9.17, 15) is 13.2 Å². The first-order valence-electron chi connectivity index (χ1n) is 9.06. The van der Waals surface area contributed by atoms with Gasteiger partial charge in [0.1, 0.15) is 0 Å². The van der Waals surface area contributed by atoms with E-state index >= 15 is 0 Å². The summed E-state index contributed by atoms with van der Waals surface area (Å²) in [5.41, 5.74) is 4.18. The Morgan fingerprint density at radius 1 is 1.07 bits per heavy atom. The molecular formula is C21H28N2O3S. The average molecular weight is 389 g/mol. The van der Waals surface area contributed by atoms with Gasteiger partial charge in [0, 0.05) is 11.6 Å². The van der Waals surface area contributed by atoms with Crippen LogP contribution in [0.15, 0.2) is 42.5 Å². The molecule has 6 heteroatoms. The number of nitrogens with zero attached hydrogens (tertiary/aromatic N) is 1. The van der Waals surface area contributed by atoms with Crippen LogP contribution in [0.2, 0.25) is 0 Å². The fourth-order valence-corrected chi connectivity index (χ4v) is 3.50. The third-order valence-corrected chi connectivity index (χ3v) is 5.85. The summed E-state index contributed by atoms with van der Waals surface area (Å²) >= 11 is 0. The van der Waals surface area contributed by atoms with Crippen LogP contribution < -0.4 is 9.62 Å². The van der Waals surface area contributed by atoms with E-state index in [1.54, 1.807) is 24.3 Å². The molecule has 146 valence electrons. The molecule has 0 aliphatic rings. The molecular weight excluding hydrogens is 360 g/mol. The number of carbonyl (C=O) groups excluding carboxylic acids is 1. The molecule has 1 atom stereocenters. The van der Waals surface area contributed by atoms with Crippen molar-refractivity contribution in [3.8, 4) is 0 Å². The summed E-state index contributed by atoms with van der Waals surface area (Å²) in [6.45, 7) is 8.14. The minimum absolute atomic E-state index is 0.114. The molecule has 0 spiro atoms. The van der Waals surface area contributed by atoms with Gasteiger partial charge in [-0.05, 0) is 68.1 Å². The van der Waals surface area contributed by atoms with Crippen molar-refractivity contribution in [1.82, 2.24) is 5.32 Å². The van der Waals surface area contributed by atoms with Crippen LogP contribution in [-0.2, 0) is 16.6 Å². The number of carbonyl (C=O) groups is 1. The first kappa shape index (κ1) is 21.0. The van der Waals surface area contributed by atoms with Gasteiger partial charge in [-0.25, -0.2) is 8.42 Å². The SMILES string of the molecule is CC[C@@H](C)NC(=O)c1ccc(CN(c2ccc(C)c(C)c2)S(C)(=O)=O)cc1. The highest BCUT2D eigenvalue weighted by Crippen LogP contribution is 2.23. The fourth-order valence-electron chi connectivity index (χ4n) is 2.62. The molecule has 0 saturated carbocycles. The molecule has 0 saturated heterocycles. The predicted octanol–water partition coefficient (Wildman–Crippen LogP) is 3.80. The van der Waals surface area contributed by atoms with E-state index in [0.717, 1.165) is 23.1 Å². The Kier molecular flexibility index (Phi) is 6.65. The summed E-state index contributed by atoms with van der Waals surface area (Å²) in [6.07, 6.45) is 2.07. The van der Waals surface area contributed by atoms with E-state index in [4.69, 9.17) is 0 Å². The van der Waals surface area contributed by atoms with Crippen LogP contribution in [-0.4, -0.2) is 26.6 Å². The number of aryl methyl sites for hydroxylation is 2. The second-order valence-corrected chi connectivity index (χ2v) is 8.92. The summed E-state index contributed by atoms with van der Waals surface area (Å²) in [4.78, 5) is 12.2. The van der Waals surface area contributed by atoms with Gasteiger partial charge in [-0.2, -0.15) is 0 Å². The van der Waals surface area contributed by atoms with Crippen LogP contribution in [0.25, 0.3) is 0 Å². The van der Waals surface area contributed by atoms with Crippen LogP contribution in [0.1, 0.15) is 47.3 Å². The lowest BCUT2D eigenvalue weighted by Crippen LogP contribution is -2.32. The monoisotopic (exact) mass is 388 g/mol. The third-order valence-electron chi connectivity index (χ3n) is 4.71. The van der Waals surface area contributed by atoms with E-state index in [0.29, 0.717) is 11.3 Å². The number of hydrogen-bond acceptors (Lipinski definition) is 3. The van der Waals surface area contributed by atoms with Gasteiger partial charge >= 0.3 is 0 Å². The van der Waals surface area contributed by atoms with Gasteiger partial charge in [-0.3, -0.25) is 9.10 Å². The second-order valence-electron chi connectivity index (χ2n) is 7.02. The number of nitrogens with one attached hydrogen (secondary N) is 1. The summed E-state index contributed by atoms with van der Waals surface area (Å²) in [7, 11) is -3.44. The number of anilines is 1. The number of rotatable bonds is 7. The fraction of sp³-hybridized carbons (Fsp3) is 0.381. The molecule has 27 heavy (non-hydrogen) atoms. The maximum absolute atomic E-state index is 12.3. The van der Waals surface area contributed by atoms with Crippen molar-refractivity contribution in [3.63, 3.8) is 0 Å². The highest BCUT2D eigenvalue weighted by atomic mass is 32.2. The van der Waals surface area contributed by atoms with Gasteiger partial charge in [-0.15, -0.1) is 0 Å². The van der Waals surface area contributed by atoms with Gasteiger partial charge in [0.05, 0.1) is 18.5 Å². The van der Waals surface area contributed by atoms with Crippen LogP contribution in [0.4, 0.5) is 5.69 Å². The van der Waals surface area contributed by atoms with Gasteiger partial charge < -0.3 is 5.32 Å². The molecule has 2 rings (SSSR count). The van der Waals surface area contributed by atoms with Crippen molar-refractivity contribution in [2.45, 2.75) is 46.7 Å². The first-order valence-corrected chi connectivity index (χ1v) is 10.9. The van der Waals surface area contributed by atoms with Crippen molar-refractivity contribution in [1.29, 1.82) is 0 Å². The molecule has 0 fully saturated rings. The quantitative estimate of drug-likeness (QED) is 0.785. The Morgan fingerprint density at radius 3 is 2.22 bits per heavy atom. The van der Waals surface area contributed by atoms with Gasteiger partial charge in [-0.1, -0.05) is 25.1 Å². The lowest BCUT2D eigenvalue weighted by atomic mass is 10.1. The van der Waals surface area contributed by atoms with Gasteiger partial charge in [0.2, 0.25) is 10.0 Å². The van der Waals surface area contributed by atoms with Crippen LogP contribution >= 0.6 is 0 Å². The minimum atomic E-state index is -3.44. The van der Waals surface area contributed by atoms with Crippen LogP contribution in [0.3, 0.4) is 0 Å². The van der Waals surface area contributed by atoms with Crippen molar-refractivity contribution in [2.24, 2.45) is 0 Å². The normalized spacial score (nSPS) is 12.5. The van der Waals surface area contributed by atoms with Crippen LogP contribution in [0, 0.1) is 13.8 Å². The zero-order valence-corrected chi connectivity index (χ0v) is 17.4. The summed E-state index contributed by atoms with van der Waals surface area (Å²) in [5.74, 6) is -0.120. The Balaban J connectivity index is 2.23. The Bertz CT molecular complexity index is 906. The molecule has 0 aliphatic heterocycles. The van der Waals surface area contributed by atoms with Crippen molar-refractivity contribution in [3.05, 3.63) is 64.7 Å². The van der Waals surface area contributed by atoms with E-state index in [2.05, 4.69) is 5.32 Å². The Labute approximate surface area is 162 Å². The lowest BCUT2D eigenvalue weighted by Gasteiger charge is -2.23.